The molecule has 6 heteroatoms. The smallest absolute Gasteiger partial charge is 0.245 e. The number of aromatic nitrogens is 4. The Morgan fingerprint density at radius 3 is 2.86 bits per heavy atom. The number of nitrogens with two attached hydrogens (primary N) is 1. The van der Waals surface area contributed by atoms with E-state index in [4.69, 9.17) is 5.73 Å². The monoisotopic (exact) mass is 196 g/mol. The third kappa shape index (κ3) is 1.45. The van der Waals surface area contributed by atoms with Gasteiger partial charge in [0, 0.05) is 20.1 Å². The maximum Gasteiger partial charge on any atom is 0.245 e. The van der Waals surface area contributed by atoms with Gasteiger partial charge < -0.3 is 10.6 Å². The quantitative estimate of drug-likeness (QED) is 0.683. The fraction of sp³-hybridized carbons (Fsp3) is 0.875. The summed E-state index contributed by atoms with van der Waals surface area (Å²) in [7, 11) is 1.85. The van der Waals surface area contributed by atoms with Crippen LogP contribution in [-0.2, 0) is 7.05 Å². The second kappa shape index (κ2) is 3.20. The van der Waals surface area contributed by atoms with Crippen molar-refractivity contribution in [1.82, 2.24) is 20.2 Å². The number of hydrogen-bond donors (Lipinski definition) is 1. The average Bonchev–Trinajstić information content (AvgIpc) is 2.73. The number of nitrogens with zero attached hydrogens (tertiary/aromatic N) is 5. The Hall–Kier alpha value is -1.17. The lowest BCUT2D eigenvalue weighted by atomic mass is 9.90. The maximum absolute atomic E-state index is 5.74. The average molecular weight is 196 g/mol. The van der Waals surface area contributed by atoms with E-state index >= 15 is 0 Å². The largest absolute Gasteiger partial charge is 0.339 e. The molecule has 0 spiro atoms. The number of hydrogen-bond acceptors (Lipinski definition) is 5. The van der Waals surface area contributed by atoms with Crippen molar-refractivity contribution in [3.63, 3.8) is 0 Å². The fourth-order valence-corrected chi connectivity index (χ4v) is 1.85. The van der Waals surface area contributed by atoms with Crippen LogP contribution in [0, 0.1) is 5.41 Å². The van der Waals surface area contributed by atoms with Crippen LogP contribution in [0.2, 0.25) is 0 Å². The Balaban J connectivity index is 2.13. The topological polar surface area (TPSA) is 72.9 Å². The molecule has 2 heterocycles. The SMILES string of the molecule is Cn1nnnc1N1CCC(C)(CN)C1. The summed E-state index contributed by atoms with van der Waals surface area (Å²) < 4.78 is 1.70. The van der Waals surface area contributed by atoms with E-state index in [0.29, 0.717) is 0 Å². The Kier molecular flexibility index (Phi) is 2.14. The summed E-state index contributed by atoms with van der Waals surface area (Å²) in [6.07, 6.45) is 1.11. The van der Waals surface area contributed by atoms with Crippen molar-refractivity contribution in [3.05, 3.63) is 0 Å². The summed E-state index contributed by atoms with van der Waals surface area (Å²) in [5.41, 5.74) is 5.95. The Bertz CT molecular complexity index is 321. The second-order valence-electron chi connectivity index (χ2n) is 4.29. The number of anilines is 1. The zero-order valence-electron chi connectivity index (χ0n) is 8.64. The molecular weight excluding hydrogens is 180 g/mol. The molecule has 0 radical (unpaired) electrons. The fourth-order valence-electron chi connectivity index (χ4n) is 1.85. The van der Waals surface area contributed by atoms with Crippen molar-refractivity contribution in [3.8, 4) is 0 Å². The first-order valence-electron chi connectivity index (χ1n) is 4.82. The Labute approximate surface area is 83.1 Å². The van der Waals surface area contributed by atoms with Crippen molar-refractivity contribution in [2.24, 2.45) is 18.2 Å². The molecule has 1 aliphatic rings. The Morgan fingerprint density at radius 1 is 1.57 bits per heavy atom. The van der Waals surface area contributed by atoms with E-state index in [-0.39, 0.29) is 5.41 Å². The van der Waals surface area contributed by atoms with Gasteiger partial charge in [-0.25, -0.2) is 4.68 Å². The first kappa shape index (κ1) is 9.39. The summed E-state index contributed by atoms with van der Waals surface area (Å²) in [5, 5.41) is 11.4. The van der Waals surface area contributed by atoms with Crippen molar-refractivity contribution in [2.75, 3.05) is 24.5 Å². The van der Waals surface area contributed by atoms with Gasteiger partial charge in [-0.2, -0.15) is 0 Å². The summed E-state index contributed by atoms with van der Waals surface area (Å²) in [4.78, 5) is 2.19. The van der Waals surface area contributed by atoms with E-state index in [1.165, 1.54) is 0 Å². The molecule has 0 amide bonds. The molecule has 1 aliphatic heterocycles. The maximum atomic E-state index is 5.74. The third-order valence-electron chi connectivity index (χ3n) is 2.93. The standard InChI is InChI=1S/C8H16N6/c1-8(5-9)3-4-14(6-8)7-10-11-12-13(7)2/h3-6,9H2,1-2H3. The first-order chi connectivity index (χ1) is 6.64. The van der Waals surface area contributed by atoms with Gasteiger partial charge in [-0.1, -0.05) is 12.0 Å². The zero-order chi connectivity index (χ0) is 10.2. The van der Waals surface area contributed by atoms with E-state index in [0.717, 1.165) is 32.0 Å². The molecule has 0 aromatic carbocycles. The van der Waals surface area contributed by atoms with E-state index in [9.17, 15) is 0 Å². The lowest BCUT2D eigenvalue weighted by molar-refractivity contribution is 0.382. The molecule has 6 nitrogen and oxygen atoms in total. The van der Waals surface area contributed by atoms with E-state index in [1.54, 1.807) is 4.68 Å². The molecule has 1 atom stereocenters. The van der Waals surface area contributed by atoms with Gasteiger partial charge in [-0.05, 0) is 28.8 Å². The van der Waals surface area contributed by atoms with Crippen LogP contribution in [-0.4, -0.2) is 39.8 Å². The summed E-state index contributed by atoms with van der Waals surface area (Å²) in [6.45, 7) is 4.85. The molecule has 78 valence electrons. The molecule has 1 unspecified atom stereocenters. The van der Waals surface area contributed by atoms with Gasteiger partial charge in [0.2, 0.25) is 5.95 Å². The van der Waals surface area contributed by atoms with Crippen LogP contribution in [0.4, 0.5) is 5.95 Å². The summed E-state index contributed by atoms with van der Waals surface area (Å²) >= 11 is 0. The van der Waals surface area contributed by atoms with Crippen LogP contribution in [0.15, 0.2) is 0 Å². The van der Waals surface area contributed by atoms with E-state index < -0.39 is 0 Å². The number of rotatable bonds is 2. The molecule has 1 aromatic heterocycles. The predicted molar refractivity (Wildman–Crippen MR) is 52.8 cm³/mol. The highest BCUT2D eigenvalue weighted by molar-refractivity contribution is 5.30. The predicted octanol–water partition coefficient (Wildman–Crippen LogP) is -0.615. The molecule has 2 N–H and O–H groups in total. The molecular formula is C8H16N6. The van der Waals surface area contributed by atoms with Crippen molar-refractivity contribution >= 4 is 5.95 Å². The molecule has 1 saturated heterocycles. The van der Waals surface area contributed by atoms with Crippen molar-refractivity contribution < 1.29 is 0 Å². The lowest BCUT2D eigenvalue weighted by Gasteiger charge is -2.22. The van der Waals surface area contributed by atoms with Crippen LogP contribution in [0.5, 0.6) is 0 Å². The van der Waals surface area contributed by atoms with Crippen LogP contribution < -0.4 is 10.6 Å². The highest BCUT2D eigenvalue weighted by Crippen LogP contribution is 2.30. The van der Waals surface area contributed by atoms with Crippen LogP contribution >= 0.6 is 0 Å². The molecule has 1 aromatic rings. The number of tetrazole rings is 1. The molecule has 2 rings (SSSR count). The minimum atomic E-state index is 0.214. The van der Waals surface area contributed by atoms with E-state index in [2.05, 4.69) is 27.3 Å². The highest BCUT2D eigenvalue weighted by atomic mass is 15.6. The van der Waals surface area contributed by atoms with Gasteiger partial charge in [0.05, 0.1) is 0 Å². The second-order valence-corrected chi connectivity index (χ2v) is 4.29. The summed E-state index contributed by atoms with van der Waals surface area (Å²) in [6, 6.07) is 0. The minimum absolute atomic E-state index is 0.214. The molecule has 0 bridgehead atoms. The molecule has 0 aliphatic carbocycles. The zero-order valence-corrected chi connectivity index (χ0v) is 8.64. The van der Waals surface area contributed by atoms with Crippen LogP contribution in [0.1, 0.15) is 13.3 Å². The van der Waals surface area contributed by atoms with Gasteiger partial charge in [-0.3, -0.25) is 0 Å². The molecule has 1 fully saturated rings. The van der Waals surface area contributed by atoms with E-state index in [1.807, 2.05) is 7.05 Å². The summed E-state index contributed by atoms with van der Waals surface area (Å²) in [5.74, 6) is 0.835. The lowest BCUT2D eigenvalue weighted by Crippen LogP contribution is -2.32. The normalized spacial score (nSPS) is 27.2. The van der Waals surface area contributed by atoms with Crippen LogP contribution in [0.3, 0.4) is 0 Å². The van der Waals surface area contributed by atoms with Gasteiger partial charge in [-0.15, -0.1) is 0 Å². The Morgan fingerprint density at radius 2 is 2.36 bits per heavy atom. The number of aryl methyl sites for hydroxylation is 1. The van der Waals surface area contributed by atoms with Gasteiger partial charge in [0.25, 0.3) is 0 Å². The van der Waals surface area contributed by atoms with Gasteiger partial charge in [0.15, 0.2) is 0 Å². The van der Waals surface area contributed by atoms with Gasteiger partial charge >= 0.3 is 0 Å². The molecule has 14 heavy (non-hydrogen) atoms. The minimum Gasteiger partial charge on any atom is -0.339 e. The third-order valence-corrected chi connectivity index (χ3v) is 2.93. The van der Waals surface area contributed by atoms with Crippen molar-refractivity contribution in [2.45, 2.75) is 13.3 Å². The van der Waals surface area contributed by atoms with Crippen LogP contribution in [0.25, 0.3) is 0 Å². The first-order valence-corrected chi connectivity index (χ1v) is 4.82. The van der Waals surface area contributed by atoms with Crippen molar-refractivity contribution in [1.29, 1.82) is 0 Å². The molecule has 0 saturated carbocycles. The van der Waals surface area contributed by atoms with Gasteiger partial charge in [0.1, 0.15) is 0 Å². The highest BCUT2D eigenvalue weighted by Gasteiger charge is 2.34.